The third kappa shape index (κ3) is 5.47. The van der Waals surface area contributed by atoms with E-state index in [9.17, 15) is 9.59 Å². The molecule has 0 spiro atoms. The van der Waals surface area contributed by atoms with Crippen molar-refractivity contribution >= 4 is 11.9 Å². The van der Waals surface area contributed by atoms with E-state index in [1.165, 1.54) is 13.2 Å². The van der Waals surface area contributed by atoms with Crippen molar-refractivity contribution in [2.45, 2.75) is 18.9 Å². The third-order valence-electron chi connectivity index (χ3n) is 4.14. The molecule has 0 saturated carbocycles. The second-order valence-corrected chi connectivity index (χ2v) is 6.17. The highest BCUT2D eigenvalue weighted by Gasteiger charge is 2.18. The molecule has 0 N–H and O–H groups in total. The Morgan fingerprint density at radius 2 is 1.93 bits per heavy atom. The zero-order valence-electron chi connectivity index (χ0n) is 15.6. The minimum Gasteiger partial charge on any atom is -0.493 e. The highest BCUT2D eigenvalue weighted by atomic mass is 16.6. The van der Waals surface area contributed by atoms with Crippen molar-refractivity contribution in [3.8, 4) is 17.2 Å². The maximum Gasteiger partial charge on any atom is 0.349 e. The lowest BCUT2D eigenvalue weighted by atomic mass is 10.2. The number of esters is 2. The van der Waals surface area contributed by atoms with Crippen LogP contribution in [0.1, 0.15) is 23.2 Å². The molecule has 7 heteroatoms. The fraction of sp³-hybridized carbons (Fsp3) is 0.333. The molecule has 0 aliphatic carbocycles. The number of benzene rings is 2. The Hall–Kier alpha value is -3.06. The maximum absolute atomic E-state index is 12.2. The van der Waals surface area contributed by atoms with Crippen molar-refractivity contribution in [2.24, 2.45) is 0 Å². The predicted octanol–water partition coefficient (Wildman–Crippen LogP) is 3.02. The smallest absolute Gasteiger partial charge is 0.349 e. The summed E-state index contributed by atoms with van der Waals surface area (Å²) in [6.45, 7) is 0.619. The second kappa shape index (κ2) is 9.75. The Morgan fingerprint density at radius 1 is 1.11 bits per heavy atom. The van der Waals surface area contributed by atoms with Gasteiger partial charge in [-0.25, -0.2) is 9.59 Å². The molecule has 0 aromatic heterocycles. The standard InChI is InChI=1S/C21H22O7/c1-24-18-9-2-3-10-19(18)26-14-20(22)28-16-7-4-6-15(12-16)21(23)27-13-17-8-5-11-25-17/h2-4,6-7,9-10,12,17H,5,8,11,13-14H2,1H3. The number of rotatable bonds is 8. The molecule has 3 rings (SSSR count). The molecule has 1 heterocycles. The average Bonchev–Trinajstić information content (AvgIpc) is 3.24. The van der Waals surface area contributed by atoms with Crippen LogP contribution in [0.3, 0.4) is 0 Å². The normalized spacial score (nSPS) is 15.7. The fourth-order valence-electron chi connectivity index (χ4n) is 2.75. The first-order chi connectivity index (χ1) is 13.7. The van der Waals surface area contributed by atoms with Crippen LogP contribution >= 0.6 is 0 Å². The molecule has 0 radical (unpaired) electrons. The number of hydrogen-bond acceptors (Lipinski definition) is 7. The van der Waals surface area contributed by atoms with Gasteiger partial charge in [0, 0.05) is 6.61 Å². The van der Waals surface area contributed by atoms with Gasteiger partial charge in [0.15, 0.2) is 18.1 Å². The molecular formula is C21H22O7. The highest BCUT2D eigenvalue weighted by molar-refractivity contribution is 5.90. The Bertz CT molecular complexity index is 812. The van der Waals surface area contributed by atoms with E-state index in [0.717, 1.165) is 12.8 Å². The van der Waals surface area contributed by atoms with Gasteiger partial charge >= 0.3 is 11.9 Å². The summed E-state index contributed by atoms with van der Waals surface area (Å²) in [5.74, 6) is 0.106. The lowest BCUT2D eigenvalue weighted by molar-refractivity contribution is -0.136. The van der Waals surface area contributed by atoms with Gasteiger partial charge in [0.2, 0.25) is 0 Å². The summed E-state index contributed by atoms with van der Waals surface area (Å²) in [6, 6.07) is 13.2. The first-order valence-corrected chi connectivity index (χ1v) is 9.01. The summed E-state index contributed by atoms with van der Waals surface area (Å²) >= 11 is 0. The highest BCUT2D eigenvalue weighted by Crippen LogP contribution is 2.25. The van der Waals surface area contributed by atoms with Gasteiger partial charge in [0.05, 0.1) is 18.8 Å². The SMILES string of the molecule is COc1ccccc1OCC(=O)Oc1cccc(C(=O)OCC2CCCO2)c1. The molecule has 148 valence electrons. The van der Waals surface area contributed by atoms with Gasteiger partial charge in [-0.2, -0.15) is 0 Å². The molecule has 1 fully saturated rings. The Kier molecular flexibility index (Phi) is 6.86. The number of para-hydroxylation sites is 2. The molecule has 1 aliphatic heterocycles. The fourth-order valence-corrected chi connectivity index (χ4v) is 2.75. The summed E-state index contributed by atoms with van der Waals surface area (Å²) in [4.78, 5) is 24.2. The molecular weight excluding hydrogens is 364 g/mol. The van der Waals surface area contributed by atoms with Gasteiger partial charge in [-0.1, -0.05) is 18.2 Å². The van der Waals surface area contributed by atoms with Gasteiger partial charge in [0.25, 0.3) is 0 Å². The van der Waals surface area contributed by atoms with E-state index in [2.05, 4.69) is 0 Å². The van der Waals surface area contributed by atoms with Gasteiger partial charge in [-0.15, -0.1) is 0 Å². The quantitative estimate of drug-likeness (QED) is 0.510. The molecule has 0 bridgehead atoms. The van der Waals surface area contributed by atoms with Crippen LogP contribution in [0.2, 0.25) is 0 Å². The molecule has 28 heavy (non-hydrogen) atoms. The Labute approximate surface area is 163 Å². The lowest BCUT2D eigenvalue weighted by Gasteiger charge is -2.11. The molecule has 1 saturated heterocycles. The van der Waals surface area contributed by atoms with E-state index >= 15 is 0 Å². The van der Waals surface area contributed by atoms with Crippen LogP contribution in [-0.2, 0) is 14.3 Å². The van der Waals surface area contributed by atoms with Crippen LogP contribution in [0.25, 0.3) is 0 Å². The van der Waals surface area contributed by atoms with Crippen molar-refractivity contribution in [1.82, 2.24) is 0 Å². The average molecular weight is 386 g/mol. The van der Waals surface area contributed by atoms with Crippen molar-refractivity contribution in [3.63, 3.8) is 0 Å². The van der Waals surface area contributed by atoms with Crippen LogP contribution in [0.5, 0.6) is 17.2 Å². The number of methoxy groups -OCH3 is 1. The van der Waals surface area contributed by atoms with E-state index < -0.39 is 11.9 Å². The number of ether oxygens (including phenoxy) is 5. The summed E-state index contributed by atoms with van der Waals surface area (Å²) in [6.07, 6.45) is 1.82. The second-order valence-electron chi connectivity index (χ2n) is 6.17. The Morgan fingerprint density at radius 3 is 2.68 bits per heavy atom. The number of carbonyl (C=O) groups is 2. The Balaban J connectivity index is 1.51. The maximum atomic E-state index is 12.2. The molecule has 0 amide bonds. The lowest BCUT2D eigenvalue weighted by Crippen LogP contribution is -2.19. The van der Waals surface area contributed by atoms with Crippen molar-refractivity contribution in [1.29, 1.82) is 0 Å². The molecule has 7 nitrogen and oxygen atoms in total. The van der Waals surface area contributed by atoms with Crippen LogP contribution < -0.4 is 14.2 Å². The summed E-state index contributed by atoms with van der Waals surface area (Å²) < 4.78 is 26.5. The zero-order valence-corrected chi connectivity index (χ0v) is 15.6. The minimum absolute atomic E-state index is 0.0444. The molecule has 1 aliphatic rings. The van der Waals surface area contributed by atoms with E-state index in [-0.39, 0.29) is 25.1 Å². The van der Waals surface area contributed by atoms with Crippen molar-refractivity contribution in [3.05, 3.63) is 54.1 Å². The van der Waals surface area contributed by atoms with E-state index in [1.54, 1.807) is 42.5 Å². The summed E-state index contributed by atoms with van der Waals surface area (Å²) in [5, 5.41) is 0. The van der Waals surface area contributed by atoms with E-state index in [1.807, 2.05) is 0 Å². The van der Waals surface area contributed by atoms with Gasteiger partial charge < -0.3 is 23.7 Å². The zero-order chi connectivity index (χ0) is 19.8. The van der Waals surface area contributed by atoms with Gasteiger partial charge in [0.1, 0.15) is 12.4 Å². The van der Waals surface area contributed by atoms with E-state index in [0.29, 0.717) is 23.7 Å². The molecule has 2 aromatic rings. The summed E-state index contributed by atoms with van der Waals surface area (Å²) in [5.41, 5.74) is 0.300. The summed E-state index contributed by atoms with van der Waals surface area (Å²) in [7, 11) is 1.52. The minimum atomic E-state index is -0.601. The predicted molar refractivity (Wildman–Crippen MR) is 99.8 cm³/mol. The largest absolute Gasteiger partial charge is 0.493 e. The molecule has 1 atom stereocenters. The van der Waals surface area contributed by atoms with Crippen LogP contribution in [0.15, 0.2) is 48.5 Å². The van der Waals surface area contributed by atoms with Crippen LogP contribution in [0, 0.1) is 0 Å². The molecule has 1 unspecified atom stereocenters. The molecule has 2 aromatic carbocycles. The first-order valence-electron chi connectivity index (χ1n) is 9.01. The van der Waals surface area contributed by atoms with Gasteiger partial charge in [-0.3, -0.25) is 0 Å². The van der Waals surface area contributed by atoms with Crippen molar-refractivity contribution in [2.75, 3.05) is 26.9 Å². The number of hydrogen-bond donors (Lipinski definition) is 0. The monoisotopic (exact) mass is 386 g/mol. The van der Waals surface area contributed by atoms with E-state index in [4.69, 9.17) is 23.7 Å². The van der Waals surface area contributed by atoms with Crippen LogP contribution in [-0.4, -0.2) is 45.0 Å². The number of carbonyl (C=O) groups excluding carboxylic acids is 2. The first kappa shape index (κ1) is 19.7. The van der Waals surface area contributed by atoms with Gasteiger partial charge in [-0.05, 0) is 43.2 Å². The van der Waals surface area contributed by atoms with Crippen LogP contribution in [0.4, 0.5) is 0 Å². The topological polar surface area (TPSA) is 80.3 Å². The van der Waals surface area contributed by atoms with Crippen molar-refractivity contribution < 1.29 is 33.3 Å². The third-order valence-corrected chi connectivity index (χ3v) is 4.14.